The van der Waals surface area contributed by atoms with Gasteiger partial charge in [-0.25, -0.2) is 0 Å². The molecule has 0 aliphatic heterocycles. The zero-order chi connectivity index (χ0) is 14.5. The van der Waals surface area contributed by atoms with E-state index in [4.69, 9.17) is 5.73 Å². The summed E-state index contributed by atoms with van der Waals surface area (Å²) in [6.45, 7) is 2.69. The molecule has 0 radical (unpaired) electrons. The molecule has 0 aliphatic rings. The molecule has 104 valence electrons. The Bertz CT molecular complexity index is 626. The third kappa shape index (κ3) is 3.61. The van der Waals surface area contributed by atoms with E-state index >= 15 is 0 Å². The molecule has 3 N–H and O–H groups in total. The van der Waals surface area contributed by atoms with Crippen molar-refractivity contribution in [1.29, 1.82) is 0 Å². The number of nitrogens with two attached hydrogens (primary N) is 1. The van der Waals surface area contributed by atoms with E-state index in [-0.39, 0.29) is 5.91 Å². The number of hydrogen-bond acceptors (Lipinski definition) is 2. The molecule has 3 nitrogen and oxygen atoms in total. The molecule has 2 rings (SSSR count). The minimum absolute atomic E-state index is 0.0993. The number of anilines is 1. The maximum atomic E-state index is 12.0. The van der Waals surface area contributed by atoms with Crippen molar-refractivity contribution in [1.82, 2.24) is 5.32 Å². The summed E-state index contributed by atoms with van der Waals surface area (Å²) in [6.07, 6.45) is 0.824. The predicted octanol–water partition coefficient (Wildman–Crippen LogP) is 3.31. The van der Waals surface area contributed by atoms with Crippen LogP contribution in [0.3, 0.4) is 0 Å². The van der Waals surface area contributed by atoms with Crippen LogP contribution in [0.1, 0.15) is 21.5 Å². The monoisotopic (exact) mass is 332 g/mol. The summed E-state index contributed by atoms with van der Waals surface area (Å²) in [5, 5.41) is 2.91. The van der Waals surface area contributed by atoms with Crippen LogP contribution in [0.5, 0.6) is 0 Å². The molecule has 2 aromatic carbocycles. The van der Waals surface area contributed by atoms with Crippen LogP contribution in [-0.4, -0.2) is 12.5 Å². The molecule has 0 heterocycles. The topological polar surface area (TPSA) is 55.1 Å². The van der Waals surface area contributed by atoms with Crippen LogP contribution in [0.25, 0.3) is 0 Å². The van der Waals surface area contributed by atoms with Crippen molar-refractivity contribution in [2.45, 2.75) is 13.3 Å². The Kier molecular flexibility index (Phi) is 4.79. The van der Waals surface area contributed by atoms with Gasteiger partial charge in [0.2, 0.25) is 0 Å². The summed E-state index contributed by atoms with van der Waals surface area (Å²) in [5.74, 6) is -0.0993. The second-order valence-corrected chi connectivity index (χ2v) is 5.52. The fraction of sp³-hybridized carbons (Fsp3) is 0.188. The van der Waals surface area contributed by atoms with E-state index in [1.54, 1.807) is 18.2 Å². The minimum atomic E-state index is -0.0993. The third-order valence-electron chi connectivity index (χ3n) is 3.20. The van der Waals surface area contributed by atoms with Crippen LogP contribution in [0.2, 0.25) is 0 Å². The SMILES string of the molecule is Cc1ccccc1CCNC(=O)c1ccc(Br)c(N)c1. The molecule has 0 aromatic heterocycles. The lowest BCUT2D eigenvalue weighted by Gasteiger charge is -2.08. The van der Waals surface area contributed by atoms with Crippen molar-refractivity contribution < 1.29 is 4.79 Å². The van der Waals surface area contributed by atoms with E-state index in [1.165, 1.54) is 11.1 Å². The first-order valence-electron chi connectivity index (χ1n) is 6.45. The summed E-state index contributed by atoms with van der Waals surface area (Å²) in [6, 6.07) is 13.4. The summed E-state index contributed by atoms with van der Waals surface area (Å²) in [4.78, 5) is 12.0. The van der Waals surface area contributed by atoms with Gasteiger partial charge in [0.25, 0.3) is 5.91 Å². The highest BCUT2D eigenvalue weighted by atomic mass is 79.9. The number of nitrogens with one attached hydrogen (secondary N) is 1. The van der Waals surface area contributed by atoms with Crippen molar-refractivity contribution in [3.05, 3.63) is 63.6 Å². The molecule has 0 bridgehead atoms. The Labute approximate surface area is 127 Å². The van der Waals surface area contributed by atoms with E-state index in [2.05, 4.69) is 40.3 Å². The number of halogens is 1. The van der Waals surface area contributed by atoms with Gasteiger partial charge in [-0.2, -0.15) is 0 Å². The largest absolute Gasteiger partial charge is 0.398 e. The highest BCUT2D eigenvalue weighted by Gasteiger charge is 2.07. The third-order valence-corrected chi connectivity index (χ3v) is 3.92. The number of carbonyl (C=O) groups excluding carboxylic acids is 1. The first-order chi connectivity index (χ1) is 9.58. The molecule has 0 spiro atoms. The number of aryl methyl sites for hydroxylation is 1. The Hall–Kier alpha value is -1.81. The lowest BCUT2D eigenvalue weighted by molar-refractivity contribution is 0.0954. The van der Waals surface area contributed by atoms with Crippen LogP contribution >= 0.6 is 15.9 Å². The molecular formula is C16H17BrN2O. The average Bonchev–Trinajstić information content (AvgIpc) is 2.44. The van der Waals surface area contributed by atoms with Gasteiger partial charge in [-0.1, -0.05) is 24.3 Å². The Morgan fingerprint density at radius 3 is 2.70 bits per heavy atom. The number of rotatable bonds is 4. The molecule has 1 amide bonds. The van der Waals surface area contributed by atoms with E-state index in [1.807, 2.05) is 12.1 Å². The molecule has 0 fully saturated rings. The van der Waals surface area contributed by atoms with E-state index in [0.717, 1.165) is 10.9 Å². The van der Waals surface area contributed by atoms with Crippen LogP contribution in [0.15, 0.2) is 46.9 Å². The van der Waals surface area contributed by atoms with E-state index in [9.17, 15) is 4.79 Å². The van der Waals surface area contributed by atoms with E-state index in [0.29, 0.717) is 17.8 Å². The standard InChI is InChI=1S/C16H17BrN2O/c1-11-4-2-3-5-12(11)8-9-19-16(20)13-6-7-14(17)15(18)10-13/h2-7,10H,8-9,18H2,1H3,(H,19,20). The van der Waals surface area contributed by atoms with Gasteiger partial charge in [-0.15, -0.1) is 0 Å². The maximum absolute atomic E-state index is 12.0. The molecule has 0 aliphatic carbocycles. The second-order valence-electron chi connectivity index (χ2n) is 4.67. The Balaban J connectivity index is 1.92. The summed E-state index contributed by atoms with van der Waals surface area (Å²) in [5.41, 5.74) is 9.41. The van der Waals surface area contributed by atoms with Crippen molar-refractivity contribution in [3.8, 4) is 0 Å². The van der Waals surface area contributed by atoms with Gasteiger partial charge in [0.15, 0.2) is 0 Å². The smallest absolute Gasteiger partial charge is 0.251 e. The van der Waals surface area contributed by atoms with Gasteiger partial charge in [-0.05, 0) is 58.6 Å². The fourth-order valence-electron chi connectivity index (χ4n) is 1.99. The molecular weight excluding hydrogens is 316 g/mol. The van der Waals surface area contributed by atoms with Gasteiger partial charge >= 0.3 is 0 Å². The summed E-state index contributed by atoms with van der Waals surface area (Å²) in [7, 11) is 0. The molecule has 2 aromatic rings. The van der Waals surface area contributed by atoms with Crippen molar-refractivity contribution in [2.75, 3.05) is 12.3 Å². The highest BCUT2D eigenvalue weighted by Crippen LogP contribution is 2.20. The molecule has 0 unspecified atom stereocenters. The van der Waals surface area contributed by atoms with Crippen LogP contribution in [0.4, 0.5) is 5.69 Å². The van der Waals surface area contributed by atoms with Crippen molar-refractivity contribution in [3.63, 3.8) is 0 Å². The number of nitrogen functional groups attached to an aromatic ring is 1. The summed E-state index contributed by atoms with van der Waals surface area (Å²) >= 11 is 3.31. The molecule has 20 heavy (non-hydrogen) atoms. The zero-order valence-corrected chi connectivity index (χ0v) is 12.9. The first-order valence-corrected chi connectivity index (χ1v) is 7.25. The van der Waals surface area contributed by atoms with Gasteiger partial charge in [-0.3, -0.25) is 4.79 Å². The number of carbonyl (C=O) groups is 1. The van der Waals surface area contributed by atoms with E-state index < -0.39 is 0 Å². The molecule has 0 saturated carbocycles. The summed E-state index contributed by atoms with van der Waals surface area (Å²) < 4.78 is 0.800. The molecule has 0 atom stereocenters. The Morgan fingerprint density at radius 2 is 2.00 bits per heavy atom. The number of hydrogen-bond donors (Lipinski definition) is 2. The predicted molar refractivity (Wildman–Crippen MR) is 85.8 cm³/mol. The lowest BCUT2D eigenvalue weighted by Crippen LogP contribution is -2.25. The van der Waals surface area contributed by atoms with Crippen molar-refractivity contribution >= 4 is 27.5 Å². The first kappa shape index (κ1) is 14.6. The van der Waals surface area contributed by atoms with Crippen LogP contribution in [0, 0.1) is 6.92 Å². The van der Waals surface area contributed by atoms with Gasteiger partial charge in [0, 0.05) is 22.3 Å². The van der Waals surface area contributed by atoms with Gasteiger partial charge in [0.05, 0.1) is 0 Å². The van der Waals surface area contributed by atoms with Crippen LogP contribution in [-0.2, 0) is 6.42 Å². The molecule has 4 heteroatoms. The highest BCUT2D eigenvalue weighted by molar-refractivity contribution is 9.10. The maximum Gasteiger partial charge on any atom is 0.251 e. The quantitative estimate of drug-likeness (QED) is 0.844. The zero-order valence-electron chi connectivity index (χ0n) is 11.3. The average molecular weight is 333 g/mol. The van der Waals surface area contributed by atoms with Crippen molar-refractivity contribution in [2.24, 2.45) is 0 Å². The number of benzene rings is 2. The minimum Gasteiger partial charge on any atom is -0.398 e. The number of amides is 1. The lowest BCUT2D eigenvalue weighted by atomic mass is 10.1. The Morgan fingerprint density at radius 1 is 1.25 bits per heavy atom. The van der Waals surface area contributed by atoms with Crippen LogP contribution < -0.4 is 11.1 Å². The van der Waals surface area contributed by atoms with Gasteiger partial charge in [0.1, 0.15) is 0 Å². The fourth-order valence-corrected chi connectivity index (χ4v) is 2.23. The second kappa shape index (κ2) is 6.57. The normalized spacial score (nSPS) is 10.3. The van der Waals surface area contributed by atoms with Gasteiger partial charge < -0.3 is 11.1 Å². The molecule has 0 saturated heterocycles.